The first-order valence-electron chi connectivity index (χ1n) is 7.53. The predicted octanol–water partition coefficient (Wildman–Crippen LogP) is 3.32. The molecular weight excluding hydrogens is 362 g/mol. The van der Waals surface area contributed by atoms with E-state index >= 15 is 0 Å². The van der Waals surface area contributed by atoms with E-state index in [1.54, 1.807) is 30.3 Å². The summed E-state index contributed by atoms with van der Waals surface area (Å²) in [4.78, 5) is 4.19. The lowest BCUT2D eigenvalue weighted by atomic mass is 10.1. The van der Waals surface area contributed by atoms with Crippen molar-refractivity contribution in [2.75, 3.05) is 0 Å². The Morgan fingerprint density at radius 2 is 1.84 bits per heavy atom. The Morgan fingerprint density at radius 1 is 1.12 bits per heavy atom. The van der Waals surface area contributed by atoms with Crippen LogP contribution in [0.2, 0.25) is 5.02 Å². The molecular formula is C17H16ClN3O3S. The average molecular weight is 378 g/mol. The molecule has 3 aromatic rings. The first-order valence-corrected chi connectivity index (χ1v) is 9.56. The molecule has 0 saturated carbocycles. The number of nitrogens with one attached hydrogen (secondary N) is 1. The van der Waals surface area contributed by atoms with Crippen molar-refractivity contribution in [1.82, 2.24) is 14.9 Å². The minimum absolute atomic E-state index is 0.0607. The molecule has 1 heterocycles. The molecule has 1 N–H and O–H groups in total. The second-order valence-corrected chi connectivity index (χ2v) is 7.77. The van der Waals surface area contributed by atoms with Gasteiger partial charge in [0.2, 0.25) is 21.7 Å². The number of hydrogen-bond acceptors (Lipinski definition) is 5. The molecule has 1 aromatic heterocycles. The normalized spacial score (nSPS) is 11.6. The number of benzene rings is 2. The predicted molar refractivity (Wildman–Crippen MR) is 95.4 cm³/mol. The van der Waals surface area contributed by atoms with Gasteiger partial charge in [-0.3, -0.25) is 0 Å². The van der Waals surface area contributed by atoms with Crippen LogP contribution in [0, 0.1) is 6.92 Å². The molecule has 0 aliphatic rings. The fourth-order valence-corrected chi connectivity index (χ4v) is 3.55. The number of hydrogen-bond donors (Lipinski definition) is 1. The topological polar surface area (TPSA) is 85.1 Å². The third-order valence-corrected chi connectivity index (χ3v) is 5.15. The summed E-state index contributed by atoms with van der Waals surface area (Å²) in [5.74, 6) is 0.473. The van der Waals surface area contributed by atoms with Gasteiger partial charge >= 0.3 is 0 Å². The van der Waals surface area contributed by atoms with Crippen molar-refractivity contribution in [3.8, 4) is 11.4 Å². The van der Waals surface area contributed by atoms with Gasteiger partial charge in [-0.2, -0.15) is 4.98 Å². The molecule has 0 atom stereocenters. The van der Waals surface area contributed by atoms with Gasteiger partial charge in [0, 0.05) is 10.6 Å². The van der Waals surface area contributed by atoms with E-state index in [-0.39, 0.29) is 18.2 Å². The van der Waals surface area contributed by atoms with Crippen LogP contribution in [0.3, 0.4) is 0 Å². The summed E-state index contributed by atoms with van der Waals surface area (Å²) < 4.78 is 32.0. The number of rotatable bonds is 6. The summed E-state index contributed by atoms with van der Waals surface area (Å²) in [5.41, 5.74) is 2.42. The Balaban J connectivity index is 1.65. The molecule has 0 unspecified atom stereocenters. The largest absolute Gasteiger partial charge is 0.338 e. The molecule has 0 aliphatic carbocycles. The zero-order valence-electron chi connectivity index (χ0n) is 13.4. The molecule has 0 spiro atoms. The lowest BCUT2D eigenvalue weighted by Gasteiger charge is -2.07. The fourth-order valence-electron chi connectivity index (χ4n) is 2.24. The van der Waals surface area contributed by atoms with Gasteiger partial charge in [-0.05, 0) is 42.3 Å². The van der Waals surface area contributed by atoms with E-state index in [1.165, 1.54) is 0 Å². The van der Waals surface area contributed by atoms with Crippen LogP contribution in [-0.2, 0) is 22.3 Å². The second-order valence-electron chi connectivity index (χ2n) is 5.53. The highest BCUT2D eigenvalue weighted by atomic mass is 35.5. The van der Waals surface area contributed by atoms with Crippen molar-refractivity contribution in [3.63, 3.8) is 0 Å². The third-order valence-electron chi connectivity index (χ3n) is 3.62. The first-order chi connectivity index (χ1) is 11.9. The van der Waals surface area contributed by atoms with Gasteiger partial charge in [-0.25, -0.2) is 13.1 Å². The third kappa shape index (κ3) is 4.66. The molecule has 130 valence electrons. The number of aryl methyl sites for hydroxylation is 1. The van der Waals surface area contributed by atoms with Crippen LogP contribution < -0.4 is 4.72 Å². The summed E-state index contributed by atoms with van der Waals surface area (Å²) in [6, 6.07) is 14.3. The minimum Gasteiger partial charge on any atom is -0.338 e. The molecule has 0 fully saturated rings. The van der Waals surface area contributed by atoms with E-state index < -0.39 is 10.0 Å². The quantitative estimate of drug-likeness (QED) is 0.712. The van der Waals surface area contributed by atoms with E-state index in [0.717, 1.165) is 16.7 Å². The second kappa shape index (κ2) is 7.35. The van der Waals surface area contributed by atoms with E-state index in [4.69, 9.17) is 16.1 Å². The Labute approximate surface area is 150 Å². The Kier molecular flexibility index (Phi) is 5.17. The molecule has 0 bridgehead atoms. The van der Waals surface area contributed by atoms with Gasteiger partial charge in [0.1, 0.15) is 0 Å². The van der Waals surface area contributed by atoms with Gasteiger partial charge in [0.15, 0.2) is 0 Å². The van der Waals surface area contributed by atoms with Crippen molar-refractivity contribution in [2.24, 2.45) is 0 Å². The number of nitrogens with zero attached hydrogens (tertiary/aromatic N) is 2. The van der Waals surface area contributed by atoms with Gasteiger partial charge in [-0.1, -0.05) is 41.0 Å². The van der Waals surface area contributed by atoms with Crippen molar-refractivity contribution < 1.29 is 12.9 Å². The zero-order valence-corrected chi connectivity index (χ0v) is 15.0. The lowest BCUT2D eigenvalue weighted by molar-refractivity contribution is 0.376. The van der Waals surface area contributed by atoms with Crippen molar-refractivity contribution in [3.05, 3.63) is 70.6 Å². The van der Waals surface area contributed by atoms with Crippen LogP contribution >= 0.6 is 11.6 Å². The van der Waals surface area contributed by atoms with Crippen LogP contribution in [0.15, 0.2) is 53.1 Å². The van der Waals surface area contributed by atoms with Crippen molar-refractivity contribution in [1.29, 1.82) is 0 Å². The fraction of sp³-hybridized carbons (Fsp3) is 0.176. The summed E-state index contributed by atoms with van der Waals surface area (Å²) in [6.45, 7) is 1.82. The van der Waals surface area contributed by atoms with E-state index in [2.05, 4.69) is 14.9 Å². The van der Waals surface area contributed by atoms with Crippen molar-refractivity contribution >= 4 is 21.6 Å². The molecule has 2 aromatic carbocycles. The molecule has 0 aliphatic heterocycles. The van der Waals surface area contributed by atoms with Gasteiger partial charge in [-0.15, -0.1) is 0 Å². The van der Waals surface area contributed by atoms with Crippen LogP contribution in [0.25, 0.3) is 11.4 Å². The zero-order chi connectivity index (χ0) is 17.9. The Morgan fingerprint density at radius 3 is 2.56 bits per heavy atom. The Bertz CT molecular complexity index is 969. The SMILES string of the molecule is Cc1ccccc1CS(=O)(=O)NCc1nc(-c2ccc(Cl)cc2)no1. The summed E-state index contributed by atoms with van der Waals surface area (Å²) in [5, 5.41) is 4.46. The molecule has 3 rings (SSSR count). The molecule has 8 heteroatoms. The number of aromatic nitrogens is 2. The minimum atomic E-state index is -3.51. The maximum absolute atomic E-state index is 12.2. The van der Waals surface area contributed by atoms with Gasteiger partial charge < -0.3 is 4.52 Å². The molecule has 6 nitrogen and oxygen atoms in total. The highest BCUT2D eigenvalue weighted by Gasteiger charge is 2.15. The standard InChI is InChI=1S/C17H16ClN3O3S/c1-12-4-2-3-5-14(12)11-25(22,23)19-10-16-20-17(21-24-16)13-6-8-15(18)9-7-13/h2-9,19H,10-11H2,1H3. The first kappa shape index (κ1) is 17.6. The summed E-state index contributed by atoms with van der Waals surface area (Å²) in [6.07, 6.45) is 0. The van der Waals surface area contributed by atoms with E-state index in [9.17, 15) is 8.42 Å². The molecule has 0 radical (unpaired) electrons. The van der Waals surface area contributed by atoms with Crippen LogP contribution in [0.1, 0.15) is 17.0 Å². The Hall–Kier alpha value is -2.22. The summed E-state index contributed by atoms with van der Waals surface area (Å²) >= 11 is 5.84. The summed E-state index contributed by atoms with van der Waals surface area (Å²) in [7, 11) is -3.51. The van der Waals surface area contributed by atoms with Crippen molar-refractivity contribution in [2.45, 2.75) is 19.2 Å². The number of halogens is 1. The highest BCUT2D eigenvalue weighted by molar-refractivity contribution is 7.88. The molecule has 0 amide bonds. The molecule has 25 heavy (non-hydrogen) atoms. The van der Waals surface area contributed by atoms with E-state index in [1.807, 2.05) is 25.1 Å². The number of sulfonamides is 1. The van der Waals surface area contributed by atoms with Crippen LogP contribution in [0.5, 0.6) is 0 Å². The lowest BCUT2D eigenvalue weighted by Crippen LogP contribution is -2.25. The van der Waals surface area contributed by atoms with Crippen LogP contribution in [-0.4, -0.2) is 18.6 Å². The smallest absolute Gasteiger partial charge is 0.242 e. The van der Waals surface area contributed by atoms with Crippen LogP contribution in [0.4, 0.5) is 0 Å². The maximum Gasteiger partial charge on any atom is 0.242 e. The molecule has 0 saturated heterocycles. The van der Waals surface area contributed by atoms with Gasteiger partial charge in [0.25, 0.3) is 0 Å². The maximum atomic E-state index is 12.2. The monoisotopic (exact) mass is 377 g/mol. The average Bonchev–Trinajstić information content (AvgIpc) is 3.05. The van der Waals surface area contributed by atoms with E-state index in [0.29, 0.717) is 10.8 Å². The van der Waals surface area contributed by atoms with Gasteiger partial charge in [0.05, 0.1) is 12.3 Å². The highest BCUT2D eigenvalue weighted by Crippen LogP contribution is 2.18.